The Morgan fingerprint density at radius 3 is 2.70 bits per heavy atom. The SMILES string of the molecule is Cc1ccc(NC(=O)CC2CCNCC2)cc1C(=O)O. The van der Waals surface area contributed by atoms with E-state index in [1.807, 2.05) is 0 Å². The fraction of sp³-hybridized carbons (Fsp3) is 0.467. The van der Waals surface area contributed by atoms with Crippen LogP contribution in [0.15, 0.2) is 18.2 Å². The zero-order valence-corrected chi connectivity index (χ0v) is 11.6. The van der Waals surface area contributed by atoms with Crippen molar-refractivity contribution in [2.75, 3.05) is 18.4 Å². The average molecular weight is 276 g/mol. The van der Waals surface area contributed by atoms with Crippen LogP contribution in [0.1, 0.15) is 35.2 Å². The monoisotopic (exact) mass is 276 g/mol. The molecular weight excluding hydrogens is 256 g/mol. The molecule has 0 atom stereocenters. The molecule has 5 nitrogen and oxygen atoms in total. The van der Waals surface area contributed by atoms with Crippen LogP contribution in [0.3, 0.4) is 0 Å². The van der Waals surface area contributed by atoms with Gasteiger partial charge in [0, 0.05) is 12.1 Å². The van der Waals surface area contributed by atoms with Crippen LogP contribution in [0.2, 0.25) is 0 Å². The lowest BCUT2D eigenvalue weighted by Crippen LogP contribution is -2.30. The van der Waals surface area contributed by atoms with Crippen molar-refractivity contribution in [2.24, 2.45) is 5.92 Å². The Morgan fingerprint density at radius 2 is 2.05 bits per heavy atom. The van der Waals surface area contributed by atoms with E-state index in [1.54, 1.807) is 19.1 Å². The molecule has 1 amide bonds. The predicted molar refractivity (Wildman–Crippen MR) is 77.0 cm³/mol. The number of aryl methyl sites for hydroxylation is 1. The number of piperidine rings is 1. The number of benzene rings is 1. The lowest BCUT2D eigenvalue weighted by molar-refractivity contribution is -0.117. The molecule has 1 aliphatic heterocycles. The smallest absolute Gasteiger partial charge is 0.336 e. The molecule has 108 valence electrons. The van der Waals surface area contributed by atoms with E-state index >= 15 is 0 Å². The molecule has 1 aliphatic rings. The van der Waals surface area contributed by atoms with Gasteiger partial charge in [0.15, 0.2) is 0 Å². The molecule has 1 fully saturated rings. The molecule has 0 radical (unpaired) electrons. The topological polar surface area (TPSA) is 78.4 Å². The lowest BCUT2D eigenvalue weighted by atomic mass is 9.94. The van der Waals surface area contributed by atoms with E-state index in [9.17, 15) is 9.59 Å². The summed E-state index contributed by atoms with van der Waals surface area (Å²) < 4.78 is 0. The van der Waals surface area contributed by atoms with E-state index in [0.717, 1.165) is 25.9 Å². The first-order chi connectivity index (χ1) is 9.56. The molecule has 5 heteroatoms. The van der Waals surface area contributed by atoms with Gasteiger partial charge in [-0.1, -0.05) is 6.07 Å². The van der Waals surface area contributed by atoms with Gasteiger partial charge in [0.2, 0.25) is 5.91 Å². The Kier molecular flexibility index (Phi) is 4.74. The summed E-state index contributed by atoms with van der Waals surface area (Å²) in [5.74, 6) is -0.602. The number of nitrogens with one attached hydrogen (secondary N) is 2. The number of carboxylic acids is 1. The molecule has 0 aromatic heterocycles. The highest BCUT2D eigenvalue weighted by molar-refractivity contribution is 5.94. The zero-order chi connectivity index (χ0) is 14.5. The van der Waals surface area contributed by atoms with Gasteiger partial charge in [-0.3, -0.25) is 4.79 Å². The van der Waals surface area contributed by atoms with Crippen molar-refractivity contribution in [1.82, 2.24) is 5.32 Å². The highest BCUT2D eigenvalue weighted by Gasteiger charge is 2.17. The Balaban J connectivity index is 1.96. The number of aromatic carboxylic acids is 1. The minimum Gasteiger partial charge on any atom is -0.478 e. The normalized spacial score (nSPS) is 15.8. The highest BCUT2D eigenvalue weighted by Crippen LogP contribution is 2.19. The first-order valence-electron chi connectivity index (χ1n) is 6.91. The van der Waals surface area contributed by atoms with Gasteiger partial charge >= 0.3 is 5.97 Å². The summed E-state index contributed by atoms with van der Waals surface area (Å²) in [4.78, 5) is 23.0. The van der Waals surface area contributed by atoms with Crippen LogP contribution in [0.4, 0.5) is 5.69 Å². The standard InChI is InChI=1S/C15H20N2O3/c1-10-2-3-12(9-13(10)15(19)20)17-14(18)8-11-4-6-16-7-5-11/h2-3,9,11,16H,4-8H2,1H3,(H,17,18)(H,19,20). The van der Waals surface area contributed by atoms with Gasteiger partial charge < -0.3 is 15.7 Å². The van der Waals surface area contributed by atoms with Crippen molar-refractivity contribution in [3.63, 3.8) is 0 Å². The summed E-state index contributed by atoms with van der Waals surface area (Å²) in [7, 11) is 0. The molecule has 0 saturated carbocycles. The van der Waals surface area contributed by atoms with Gasteiger partial charge in [-0.2, -0.15) is 0 Å². The average Bonchev–Trinajstić information content (AvgIpc) is 2.41. The predicted octanol–water partition coefficient (Wildman–Crippen LogP) is 2.02. The van der Waals surface area contributed by atoms with Gasteiger partial charge in [-0.25, -0.2) is 4.79 Å². The summed E-state index contributed by atoms with van der Waals surface area (Å²) >= 11 is 0. The summed E-state index contributed by atoms with van der Waals surface area (Å²) in [5.41, 5.74) is 1.46. The minimum absolute atomic E-state index is 0.0444. The summed E-state index contributed by atoms with van der Waals surface area (Å²) in [6.07, 6.45) is 2.53. The van der Waals surface area contributed by atoms with Crippen LogP contribution < -0.4 is 10.6 Å². The molecule has 0 aliphatic carbocycles. The van der Waals surface area contributed by atoms with Crippen molar-refractivity contribution in [3.8, 4) is 0 Å². The third kappa shape index (κ3) is 3.81. The number of rotatable bonds is 4. The number of hydrogen-bond acceptors (Lipinski definition) is 3. The van der Waals surface area contributed by atoms with E-state index in [2.05, 4.69) is 10.6 Å². The van der Waals surface area contributed by atoms with Crippen LogP contribution in [-0.4, -0.2) is 30.1 Å². The Morgan fingerprint density at radius 1 is 1.35 bits per heavy atom. The molecule has 1 aromatic carbocycles. The molecule has 2 rings (SSSR count). The first-order valence-corrected chi connectivity index (χ1v) is 6.91. The maximum atomic E-state index is 12.0. The van der Waals surface area contributed by atoms with Crippen LogP contribution in [0, 0.1) is 12.8 Å². The molecule has 0 unspecified atom stereocenters. The van der Waals surface area contributed by atoms with Crippen LogP contribution >= 0.6 is 0 Å². The molecule has 1 aromatic rings. The molecule has 3 N–H and O–H groups in total. The maximum Gasteiger partial charge on any atom is 0.336 e. The van der Waals surface area contributed by atoms with E-state index < -0.39 is 5.97 Å². The van der Waals surface area contributed by atoms with Gasteiger partial charge in [0.05, 0.1) is 5.56 Å². The van der Waals surface area contributed by atoms with E-state index in [4.69, 9.17) is 5.11 Å². The van der Waals surface area contributed by atoms with Crippen molar-refractivity contribution < 1.29 is 14.7 Å². The van der Waals surface area contributed by atoms with Crippen LogP contribution in [0.5, 0.6) is 0 Å². The summed E-state index contributed by atoms with van der Waals surface area (Å²) in [6, 6.07) is 4.96. The maximum absolute atomic E-state index is 12.0. The van der Waals surface area contributed by atoms with Crippen molar-refractivity contribution in [2.45, 2.75) is 26.2 Å². The summed E-state index contributed by atoms with van der Waals surface area (Å²) in [5, 5.41) is 15.1. The van der Waals surface area contributed by atoms with Crippen molar-refractivity contribution in [1.29, 1.82) is 0 Å². The molecule has 0 bridgehead atoms. The molecule has 20 heavy (non-hydrogen) atoms. The minimum atomic E-state index is -0.975. The van der Waals surface area contributed by atoms with Crippen molar-refractivity contribution in [3.05, 3.63) is 29.3 Å². The molecule has 1 saturated heterocycles. The first kappa shape index (κ1) is 14.5. The van der Waals surface area contributed by atoms with Gasteiger partial charge in [-0.15, -0.1) is 0 Å². The lowest BCUT2D eigenvalue weighted by Gasteiger charge is -2.22. The molecule has 0 spiro atoms. The number of carbonyl (C=O) groups is 2. The van der Waals surface area contributed by atoms with E-state index in [-0.39, 0.29) is 11.5 Å². The van der Waals surface area contributed by atoms with Crippen molar-refractivity contribution >= 4 is 17.6 Å². The van der Waals surface area contributed by atoms with Crippen LogP contribution in [0.25, 0.3) is 0 Å². The largest absolute Gasteiger partial charge is 0.478 e. The van der Waals surface area contributed by atoms with Gasteiger partial charge in [0.25, 0.3) is 0 Å². The molecular formula is C15H20N2O3. The van der Waals surface area contributed by atoms with E-state index in [1.165, 1.54) is 6.07 Å². The fourth-order valence-corrected chi connectivity index (χ4v) is 2.49. The Hall–Kier alpha value is -1.88. The fourth-order valence-electron chi connectivity index (χ4n) is 2.49. The Labute approximate surface area is 118 Å². The quantitative estimate of drug-likeness (QED) is 0.786. The molecule has 1 heterocycles. The van der Waals surface area contributed by atoms with E-state index in [0.29, 0.717) is 23.6 Å². The second-order valence-corrected chi connectivity index (χ2v) is 5.28. The number of amides is 1. The third-order valence-electron chi connectivity index (χ3n) is 3.68. The second kappa shape index (κ2) is 6.52. The Bertz CT molecular complexity index is 508. The highest BCUT2D eigenvalue weighted by atomic mass is 16.4. The van der Waals surface area contributed by atoms with Gasteiger partial charge in [-0.05, 0) is 56.5 Å². The number of carbonyl (C=O) groups excluding carboxylic acids is 1. The third-order valence-corrected chi connectivity index (χ3v) is 3.68. The summed E-state index contributed by atoms with van der Waals surface area (Å²) in [6.45, 7) is 3.67. The van der Waals surface area contributed by atoms with Crippen LogP contribution in [-0.2, 0) is 4.79 Å². The number of hydrogen-bond donors (Lipinski definition) is 3. The number of carboxylic acid groups (broad SMARTS) is 1. The zero-order valence-electron chi connectivity index (χ0n) is 11.6. The number of anilines is 1. The second-order valence-electron chi connectivity index (χ2n) is 5.28. The van der Waals surface area contributed by atoms with Gasteiger partial charge in [0.1, 0.15) is 0 Å².